The third-order valence-corrected chi connectivity index (χ3v) is 13.5. The number of hydrogen-bond donors (Lipinski definition) is 0. The minimum atomic E-state index is -3.35. The van der Waals surface area contributed by atoms with Gasteiger partial charge in [0.05, 0.1) is 21.9 Å². The molecule has 5 nitrogen and oxygen atoms in total. The van der Waals surface area contributed by atoms with Crippen LogP contribution in [0.1, 0.15) is 113 Å². The highest BCUT2D eigenvalue weighted by Crippen LogP contribution is 2.66. The van der Waals surface area contributed by atoms with E-state index in [0.717, 1.165) is 37.0 Å². The summed E-state index contributed by atoms with van der Waals surface area (Å²) in [5.74, 6) is 4.40. The molecule has 0 bridgehead atoms. The predicted molar refractivity (Wildman–Crippen MR) is 163 cm³/mol. The molecule has 1 spiro atoms. The summed E-state index contributed by atoms with van der Waals surface area (Å²) in [6, 6.07) is 3.55. The van der Waals surface area contributed by atoms with Crippen molar-refractivity contribution in [1.82, 2.24) is 4.90 Å². The van der Waals surface area contributed by atoms with Crippen molar-refractivity contribution in [2.45, 2.75) is 136 Å². The lowest BCUT2D eigenvalue weighted by atomic mass is 9.51. The number of likely N-dealkylation sites (tertiary alicyclic amines) is 1. The Morgan fingerprint density at radius 1 is 1.07 bits per heavy atom. The normalized spacial score (nSPS) is 47.5. The fraction of sp³-hybridized carbons (Fsp3) is 0.912. The van der Waals surface area contributed by atoms with Gasteiger partial charge in [0, 0.05) is 24.0 Å². The zero-order valence-corrected chi connectivity index (χ0v) is 27.3. The molecule has 6 aliphatic rings. The lowest BCUT2D eigenvalue weighted by molar-refractivity contribution is -0.0878. The van der Waals surface area contributed by atoms with Crippen molar-refractivity contribution in [3.05, 3.63) is 15.4 Å². The molecule has 2 heterocycles. The molecule has 40 heavy (non-hydrogen) atoms. The largest absolute Gasteiger partial charge is 0.476 e. The van der Waals surface area contributed by atoms with E-state index >= 15 is 0 Å². The molecule has 0 aromatic carbocycles. The first-order valence-electron chi connectivity index (χ1n) is 16.4. The second kappa shape index (κ2) is 9.81. The van der Waals surface area contributed by atoms with E-state index in [-0.39, 0.29) is 17.1 Å². The Morgan fingerprint density at radius 3 is 2.52 bits per heavy atom. The summed E-state index contributed by atoms with van der Waals surface area (Å²) < 4.78 is 34.2. The zero-order valence-electron chi connectivity index (χ0n) is 26.5. The maximum Gasteiger partial charge on any atom is 0.476 e. The number of piperidine rings is 1. The molecule has 5 fully saturated rings. The van der Waals surface area contributed by atoms with Crippen molar-refractivity contribution in [1.29, 1.82) is 0 Å². The Morgan fingerprint density at radius 2 is 1.82 bits per heavy atom. The van der Waals surface area contributed by atoms with E-state index in [2.05, 4.69) is 63.7 Å². The van der Waals surface area contributed by atoms with Crippen LogP contribution >= 0.6 is 0 Å². The molecular weight excluding hydrogens is 516 g/mol. The molecule has 0 N–H and O–H groups in total. The van der Waals surface area contributed by atoms with Crippen molar-refractivity contribution >= 4 is 10.0 Å². The van der Waals surface area contributed by atoms with Gasteiger partial charge in [0.1, 0.15) is 6.26 Å². The van der Waals surface area contributed by atoms with Crippen molar-refractivity contribution in [2.75, 3.05) is 12.8 Å². The van der Waals surface area contributed by atoms with Crippen LogP contribution in [0.25, 0.3) is 4.25 Å². The summed E-state index contributed by atoms with van der Waals surface area (Å²) >= 11 is 0. The van der Waals surface area contributed by atoms with Crippen LogP contribution < -0.4 is 0 Å². The van der Waals surface area contributed by atoms with Gasteiger partial charge < -0.3 is 4.74 Å². The van der Waals surface area contributed by atoms with E-state index in [1.165, 1.54) is 57.7 Å². The zero-order chi connectivity index (χ0) is 28.8. The van der Waals surface area contributed by atoms with Gasteiger partial charge >= 0.3 is 16.1 Å². The Balaban J connectivity index is 1.23. The van der Waals surface area contributed by atoms with E-state index in [1.54, 1.807) is 11.1 Å². The van der Waals surface area contributed by atoms with Gasteiger partial charge in [-0.1, -0.05) is 31.9 Å². The summed E-state index contributed by atoms with van der Waals surface area (Å²) in [5, 5.41) is 0. The Labute approximate surface area is 244 Å². The molecule has 4 aliphatic carbocycles. The van der Waals surface area contributed by atoms with E-state index in [1.807, 2.05) is 0 Å². The van der Waals surface area contributed by atoms with E-state index < -0.39 is 10.0 Å². The smallest absolute Gasteiger partial charge is 0.369 e. The molecule has 2 saturated heterocycles. The first-order chi connectivity index (χ1) is 18.6. The van der Waals surface area contributed by atoms with Gasteiger partial charge in [-0.3, -0.25) is 4.90 Å². The van der Waals surface area contributed by atoms with E-state index in [9.17, 15) is 8.42 Å². The van der Waals surface area contributed by atoms with Gasteiger partial charge in [-0.15, -0.1) is 8.42 Å². The predicted octanol–water partition coefficient (Wildman–Crippen LogP) is 7.53. The number of rotatable bonds is 0. The SMILES string of the molecule is CC1=C2C[C@H]3[C@@H](CC[C@@H]4CC(C#[N+]S(C)(=O)=O)CC[C@@]43C)[C@@H]2CC[C@@]2(C1)O[C@@H]1C[C@H](C)CN(C(C)(C)C)[C@H]1[C@H]2C. The minimum Gasteiger partial charge on any atom is -0.369 e. The van der Waals surface area contributed by atoms with Gasteiger partial charge in [0.2, 0.25) is 0 Å². The topological polar surface area (TPSA) is 51.0 Å². The van der Waals surface area contributed by atoms with Crippen LogP contribution in [-0.4, -0.2) is 49.4 Å². The van der Waals surface area contributed by atoms with Crippen molar-refractivity contribution in [3.8, 4) is 6.07 Å². The standard InChI is InChI=1S/C34H55N2O3S/c1-21-15-30-31(36(20-21)32(4,5)6)23(3)34(39-30)14-12-26-27-10-9-25-16-24(19-35-40(8,37)38)11-13-33(25,7)29(27)17-28(26)22(2)18-34/h21,23-27,29-31H,9-18,20H2,1-8H3/q+1/t21-,23+,24?,25+,26-,27-,29-,30+,31-,33-,34-/m0/s1. The van der Waals surface area contributed by atoms with Crippen LogP contribution in [0, 0.1) is 52.9 Å². The van der Waals surface area contributed by atoms with Crippen LogP contribution in [0.2, 0.25) is 0 Å². The van der Waals surface area contributed by atoms with Crippen LogP contribution in [0.4, 0.5) is 0 Å². The van der Waals surface area contributed by atoms with Crippen LogP contribution in [0.15, 0.2) is 11.1 Å². The van der Waals surface area contributed by atoms with Crippen LogP contribution in [0.5, 0.6) is 0 Å². The fourth-order valence-corrected chi connectivity index (χ4v) is 11.4. The molecule has 3 saturated carbocycles. The Hall–Kier alpha value is -0.900. The average molecular weight is 572 g/mol. The number of fused-ring (bicyclic) bond motifs is 6. The monoisotopic (exact) mass is 571 g/mol. The molecule has 2 aliphatic heterocycles. The highest BCUT2D eigenvalue weighted by molar-refractivity contribution is 7.92. The average Bonchev–Trinajstić information content (AvgIpc) is 3.31. The van der Waals surface area contributed by atoms with Crippen molar-refractivity contribution in [3.63, 3.8) is 0 Å². The lowest BCUT2D eigenvalue weighted by Gasteiger charge is -2.53. The van der Waals surface area contributed by atoms with Crippen LogP contribution in [0.3, 0.4) is 0 Å². The Bertz CT molecular complexity index is 1220. The number of hydrogen-bond acceptors (Lipinski definition) is 4. The molecule has 1 unspecified atom stereocenters. The quantitative estimate of drug-likeness (QED) is 0.282. The molecule has 0 radical (unpaired) electrons. The fourth-order valence-electron chi connectivity index (χ4n) is 11.1. The summed E-state index contributed by atoms with van der Waals surface area (Å²) in [6.45, 7) is 18.4. The number of sulfonamides is 1. The third kappa shape index (κ3) is 4.83. The first kappa shape index (κ1) is 29.2. The van der Waals surface area contributed by atoms with E-state index in [0.29, 0.717) is 35.3 Å². The molecule has 0 aromatic heterocycles. The van der Waals surface area contributed by atoms with Crippen molar-refractivity contribution in [2.24, 2.45) is 46.8 Å². The summed E-state index contributed by atoms with van der Waals surface area (Å²) in [5.41, 5.74) is 3.98. The summed E-state index contributed by atoms with van der Waals surface area (Å²) in [6.07, 6.45) is 13.5. The molecule has 224 valence electrons. The molecular formula is C34H55N2O3S+. The molecule has 11 atom stereocenters. The Kier molecular flexibility index (Phi) is 7.16. The second-order valence-corrected chi connectivity index (χ2v) is 18.1. The molecule has 6 heteroatoms. The highest BCUT2D eigenvalue weighted by Gasteiger charge is 2.61. The third-order valence-electron chi connectivity index (χ3n) is 13.0. The lowest BCUT2D eigenvalue weighted by Crippen LogP contribution is -2.58. The summed E-state index contributed by atoms with van der Waals surface area (Å²) in [4.78, 5) is 2.80. The van der Waals surface area contributed by atoms with Gasteiger partial charge in [0.25, 0.3) is 0 Å². The maximum absolute atomic E-state index is 11.6. The van der Waals surface area contributed by atoms with Gasteiger partial charge in [-0.05, 0) is 127 Å². The van der Waals surface area contributed by atoms with Crippen molar-refractivity contribution < 1.29 is 13.2 Å². The van der Waals surface area contributed by atoms with Crippen LogP contribution in [-0.2, 0) is 14.8 Å². The van der Waals surface area contributed by atoms with Gasteiger partial charge in [-0.2, -0.15) is 0 Å². The molecule has 0 aromatic rings. The summed E-state index contributed by atoms with van der Waals surface area (Å²) in [7, 11) is -3.35. The molecule has 0 amide bonds. The minimum absolute atomic E-state index is 0.00619. The number of nitrogens with zero attached hydrogens (tertiary/aromatic N) is 2. The second-order valence-electron chi connectivity index (χ2n) is 16.5. The molecule has 6 rings (SSSR count). The number of allylic oxidation sites excluding steroid dienone is 1. The van der Waals surface area contributed by atoms with Gasteiger partial charge in [-0.25, -0.2) is 0 Å². The van der Waals surface area contributed by atoms with Gasteiger partial charge in [0.15, 0.2) is 0 Å². The first-order valence-corrected chi connectivity index (χ1v) is 18.3. The number of ether oxygens (including phenoxy) is 1. The van der Waals surface area contributed by atoms with E-state index in [4.69, 9.17) is 4.74 Å². The maximum atomic E-state index is 11.6. The highest BCUT2D eigenvalue weighted by atomic mass is 32.2.